The number of carbonyl (C=O) groups excluding carboxylic acids is 1. The lowest BCUT2D eigenvalue weighted by atomic mass is 9.88. The molecule has 0 bridgehead atoms. The normalized spacial score (nSPS) is 23.6. The zero-order chi connectivity index (χ0) is 18.7. The van der Waals surface area contributed by atoms with Crippen LogP contribution in [0.1, 0.15) is 78.1 Å². The van der Waals surface area contributed by atoms with Gasteiger partial charge >= 0.3 is 5.97 Å². The Morgan fingerprint density at radius 2 is 2.00 bits per heavy atom. The van der Waals surface area contributed by atoms with Crippen LogP contribution >= 0.6 is 0 Å². The van der Waals surface area contributed by atoms with Gasteiger partial charge in [-0.3, -0.25) is 9.59 Å². The number of Topliss-reactive ketones (excluding diaryl/α,β-unsaturated/α-hetero) is 1. The first kappa shape index (κ1) is 21.6. The third kappa shape index (κ3) is 9.01. The second kappa shape index (κ2) is 11.2. The van der Waals surface area contributed by atoms with Crippen LogP contribution in [-0.4, -0.2) is 27.6 Å². The SMILES string of the molecule is CCCCCC(C)(O)C=C[C@H]1CCC(=O)[C@H]1CCC=CCCC(=O)O. The van der Waals surface area contributed by atoms with Crippen molar-refractivity contribution in [3.05, 3.63) is 24.3 Å². The van der Waals surface area contributed by atoms with E-state index in [4.69, 9.17) is 5.11 Å². The van der Waals surface area contributed by atoms with Crippen molar-refractivity contribution < 1.29 is 19.8 Å². The molecule has 0 aromatic carbocycles. The number of unbranched alkanes of at least 4 members (excludes halogenated alkanes) is 2. The number of ketones is 1. The molecular formula is C21H34O4. The van der Waals surface area contributed by atoms with Gasteiger partial charge in [-0.1, -0.05) is 50.5 Å². The van der Waals surface area contributed by atoms with Crippen LogP contribution in [0, 0.1) is 11.8 Å². The van der Waals surface area contributed by atoms with Crippen LogP contribution < -0.4 is 0 Å². The number of aliphatic carboxylic acids is 1. The Kier molecular flexibility index (Phi) is 9.73. The number of carboxylic acid groups (broad SMARTS) is 1. The summed E-state index contributed by atoms with van der Waals surface area (Å²) in [6.45, 7) is 3.99. The van der Waals surface area contributed by atoms with Crippen LogP contribution in [-0.2, 0) is 9.59 Å². The summed E-state index contributed by atoms with van der Waals surface area (Å²) in [6, 6.07) is 0. The quantitative estimate of drug-likeness (QED) is 0.396. The van der Waals surface area contributed by atoms with Crippen molar-refractivity contribution in [2.24, 2.45) is 11.8 Å². The highest BCUT2D eigenvalue weighted by atomic mass is 16.4. The molecule has 0 spiro atoms. The Labute approximate surface area is 152 Å². The molecule has 3 atom stereocenters. The number of hydrogen-bond acceptors (Lipinski definition) is 3. The highest BCUT2D eigenvalue weighted by molar-refractivity contribution is 5.83. The molecule has 0 radical (unpaired) electrons. The Balaban J connectivity index is 2.45. The largest absolute Gasteiger partial charge is 0.481 e. The molecule has 4 nitrogen and oxygen atoms in total. The van der Waals surface area contributed by atoms with Gasteiger partial charge in [0.1, 0.15) is 5.78 Å². The average molecular weight is 350 g/mol. The van der Waals surface area contributed by atoms with Crippen LogP contribution in [0.25, 0.3) is 0 Å². The average Bonchev–Trinajstić information content (AvgIpc) is 2.89. The first-order valence-electron chi connectivity index (χ1n) is 9.67. The lowest BCUT2D eigenvalue weighted by Crippen LogP contribution is -2.21. The second-order valence-corrected chi connectivity index (χ2v) is 7.43. The Morgan fingerprint density at radius 1 is 1.28 bits per heavy atom. The molecule has 2 N–H and O–H groups in total. The Hall–Kier alpha value is -1.42. The third-order valence-corrected chi connectivity index (χ3v) is 4.98. The minimum absolute atomic E-state index is 0.0341. The van der Waals surface area contributed by atoms with Crippen LogP contribution in [0.3, 0.4) is 0 Å². The highest BCUT2D eigenvalue weighted by Crippen LogP contribution is 2.34. The Morgan fingerprint density at radius 3 is 2.68 bits per heavy atom. The number of hydrogen-bond donors (Lipinski definition) is 2. The standard InChI is InChI=1S/C21H34O4/c1-3-4-9-15-21(2,25)16-14-17-12-13-19(22)18(17)10-7-5-6-8-11-20(23)24/h5-6,14,16-18,25H,3-4,7-13,15H2,1-2H3,(H,23,24)/t17-,18+,21?/m1/s1. The zero-order valence-electron chi connectivity index (χ0n) is 15.7. The minimum atomic E-state index is -0.790. The molecule has 1 aliphatic carbocycles. The van der Waals surface area contributed by atoms with Crippen LogP contribution in [0.2, 0.25) is 0 Å². The lowest BCUT2D eigenvalue weighted by Gasteiger charge is -2.21. The fourth-order valence-corrected chi connectivity index (χ4v) is 3.41. The predicted molar refractivity (Wildman–Crippen MR) is 100 cm³/mol. The van der Waals surface area contributed by atoms with Gasteiger partial charge in [-0.05, 0) is 44.9 Å². The van der Waals surface area contributed by atoms with Gasteiger partial charge in [-0.25, -0.2) is 0 Å². The number of carbonyl (C=O) groups is 2. The summed E-state index contributed by atoms with van der Waals surface area (Å²) in [5.41, 5.74) is -0.790. The molecule has 0 aromatic rings. The number of rotatable bonds is 12. The van der Waals surface area contributed by atoms with E-state index < -0.39 is 11.6 Å². The molecule has 1 rings (SSSR count). The van der Waals surface area contributed by atoms with E-state index in [2.05, 4.69) is 13.0 Å². The molecule has 25 heavy (non-hydrogen) atoms. The minimum Gasteiger partial charge on any atom is -0.481 e. The van der Waals surface area contributed by atoms with Gasteiger partial charge in [0.15, 0.2) is 0 Å². The highest BCUT2D eigenvalue weighted by Gasteiger charge is 2.32. The maximum absolute atomic E-state index is 12.1. The second-order valence-electron chi connectivity index (χ2n) is 7.43. The van der Waals surface area contributed by atoms with Gasteiger partial charge < -0.3 is 10.2 Å². The summed E-state index contributed by atoms with van der Waals surface area (Å²) >= 11 is 0. The molecule has 1 aliphatic rings. The molecule has 0 saturated heterocycles. The van der Waals surface area contributed by atoms with E-state index in [1.807, 2.05) is 25.2 Å². The number of aliphatic hydroxyl groups is 1. The summed E-state index contributed by atoms with van der Waals surface area (Å²) in [5.74, 6) is -0.213. The van der Waals surface area contributed by atoms with E-state index >= 15 is 0 Å². The van der Waals surface area contributed by atoms with E-state index in [0.717, 1.165) is 44.9 Å². The molecule has 1 saturated carbocycles. The fourth-order valence-electron chi connectivity index (χ4n) is 3.41. The summed E-state index contributed by atoms with van der Waals surface area (Å²) in [6.07, 6.45) is 15.6. The fraction of sp³-hybridized carbons (Fsp3) is 0.714. The smallest absolute Gasteiger partial charge is 0.303 e. The van der Waals surface area contributed by atoms with Crippen LogP contribution in [0.15, 0.2) is 24.3 Å². The summed E-state index contributed by atoms with van der Waals surface area (Å²) in [4.78, 5) is 22.6. The van der Waals surface area contributed by atoms with Gasteiger partial charge in [0.25, 0.3) is 0 Å². The third-order valence-electron chi connectivity index (χ3n) is 4.98. The van der Waals surface area contributed by atoms with Gasteiger partial charge in [0.05, 0.1) is 5.60 Å². The van der Waals surface area contributed by atoms with Crippen molar-refractivity contribution in [3.63, 3.8) is 0 Å². The predicted octanol–water partition coefficient (Wildman–Crippen LogP) is 4.67. The zero-order valence-corrected chi connectivity index (χ0v) is 15.7. The van der Waals surface area contributed by atoms with Crippen LogP contribution in [0.5, 0.6) is 0 Å². The first-order valence-corrected chi connectivity index (χ1v) is 9.67. The number of carboxylic acids is 1. The summed E-state index contributed by atoms with van der Waals surface area (Å²) in [7, 11) is 0. The van der Waals surface area contributed by atoms with E-state index in [9.17, 15) is 14.7 Å². The molecule has 1 unspecified atom stereocenters. The number of allylic oxidation sites excluding steroid dienone is 3. The van der Waals surface area contributed by atoms with E-state index in [-0.39, 0.29) is 18.3 Å². The van der Waals surface area contributed by atoms with Crippen molar-refractivity contribution in [1.82, 2.24) is 0 Å². The first-order chi connectivity index (χ1) is 11.9. The molecular weight excluding hydrogens is 316 g/mol. The maximum Gasteiger partial charge on any atom is 0.303 e. The summed E-state index contributed by atoms with van der Waals surface area (Å²) in [5, 5.41) is 19.0. The van der Waals surface area contributed by atoms with E-state index in [0.29, 0.717) is 18.6 Å². The van der Waals surface area contributed by atoms with Gasteiger partial charge in [-0.2, -0.15) is 0 Å². The molecule has 142 valence electrons. The molecule has 0 aromatic heterocycles. The van der Waals surface area contributed by atoms with E-state index in [1.54, 1.807) is 0 Å². The van der Waals surface area contributed by atoms with Crippen molar-refractivity contribution in [2.45, 2.75) is 83.7 Å². The van der Waals surface area contributed by atoms with Crippen LogP contribution in [0.4, 0.5) is 0 Å². The molecule has 0 heterocycles. The monoisotopic (exact) mass is 350 g/mol. The molecule has 0 aliphatic heterocycles. The van der Waals surface area contributed by atoms with Crippen molar-refractivity contribution in [3.8, 4) is 0 Å². The van der Waals surface area contributed by atoms with Gasteiger partial charge in [0.2, 0.25) is 0 Å². The van der Waals surface area contributed by atoms with E-state index in [1.165, 1.54) is 0 Å². The molecule has 4 heteroatoms. The van der Waals surface area contributed by atoms with Gasteiger partial charge in [0, 0.05) is 18.8 Å². The lowest BCUT2D eigenvalue weighted by molar-refractivity contribution is -0.136. The van der Waals surface area contributed by atoms with Crippen molar-refractivity contribution >= 4 is 11.8 Å². The summed E-state index contributed by atoms with van der Waals surface area (Å²) < 4.78 is 0. The Bertz CT molecular complexity index is 476. The molecule has 1 fully saturated rings. The van der Waals surface area contributed by atoms with Gasteiger partial charge in [-0.15, -0.1) is 0 Å². The van der Waals surface area contributed by atoms with Crippen molar-refractivity contribution in [2.75, 3.05) is 0 Å². The maximum atomic E-state index is 12.1. The topological polar surface area (TPSA) is 74.6 Å². The van der Waals surface area contributed by atoms with Crippen molar-refractivity contribution in [1.29, 1.82) is 0 Å². The molecule has 0 amide bonds.